The first-order valence-electron chi connectivity index (χ1n) is 8.65. The Morgan fingerprint density at radius 2 is 2.11 bits per heavy atom. The van der Waals surface area contributed by atoms with Crippen LogP contribution in [0.3, 0.4) is 0 Å². The monoisotopic (exact) mass is 404 g/mol. The van der Waals surface area contributed by atoms with Crippen LogP contribution in [-0.2, 0) is 25.6 Å². The molecule has 1 aromatic carbocycles. The molecule has 1 amide bonds. The zero-order valence-corrected chi connectivity index (χ0v) is 16.9. The summed E-state index contributed by atoms with van der Waals surface area (Å²) in [6.07, 6.45) is 4.59. The van der Waals surface area contributed by atoms with Crippen LogP contribution in [0, 0.1) is 0 Å². The SMILES string of the molecule is COCC(=O)N1Cc2cnc3c(/C=C/C(=O)OC)c(Cl)c(OC)cc3c2[C@@H]1C. The molecule has 3 rings (SSSR count). The van der Waals surface area contributed by atoms with Crippen LogP contribution >= 0.6 is 11.6 Å². The number of methoxy groups -OCH3 is 3. The molecule has 0 spiro atoms. The number of esters is 1. The van der Waals surface area contributed by atoms with Crippen molar-refractivity contribution in [1.82, 2.24) is 9.88 Å². The molecule has 1 aliphatic rings. The quantitative estimate of drug-likeness (QED) is 0.562. The lowest BCUT2D eigenvalue weighted by Gasteiger charge is -2.22. The summed E-state index contributed by atoms with van der Waals surface area (Å²) in [7, 11) is 4.32. The standard InChI is InChI=1S/C20H21ClN2O5/c1-11-18-12(9-23(11)16(24)10-26-2)8-22-20-13(5-6-17(25)28-4)19(21)15(27-3)7-14(18)20/h5-8,11H,9-10H2,1-4H3/b6-5+/t11-/m0/s1. The van der Waals surface area contributed by atoms with E-state index in [1.54, 1.807) is 17.2 Å². The Balaban J connectivity index is 2.19. The van der Waals surface area contributed by atoms with Crippen LogP contribution in [-0.4, -0.2) is 49.7 Å². The van der Waals surface area contributed by atoms with Crippen molar-refractivity contribution in [3.63, 3.8) is 0 Å². The number of pyridine rings is 1. The highest BCUT2D eigenvalue weighted by molar-refractivity contribution is 6.35. The van der Waals surface area contributed by atoms with Crippen LogP contribution in [0.2, 0.25) is 5.02 Å². The van der Waals surface area contributed by atoms with E-state index in [0.717, 1.165) is 16.5 Å². The van der Waals surface area contributed by atoms with Gasteiger partial charge in [0.2, 0.25) is 5.91 Å². The van der Waals surface area contributed by atoms with Crippen molar-refractivity contribution in [2.75, 3.05) is 27.9 Å². The number of halogens is 1. The van der Waals surface area contributed by atoms with Gasteiger partial charge in [-0.2, -0.15) is 0 Å². The van der Waals surface area contributed by atoms with Crippen LogP contribution in [0.1, 0.15) is 29.7 Å². The molecule has 8 heteroatoms. The predicted octanol–water partition coefficient (Wildman–Crippen LogP) is 3.13. The molecule has 2 heterocycles. The number of ether oxygens (including phenoxy) is 3. The van der Waals surface area contributed by atoms with E-state index in [9.17, 15) is 9.59 Å². The highest BCUT2D eigenvalue weighted by Gasteiger charge is 2.33. The van der Waals surface area contributed by atoms with Crippen molar-refractivity contribution >= 4 is 40.5 Å². The van der Waals surface area contributed by atoms with Gasteiger partial charge in [0.15, 0.2) is 0 Å². The molecule has 0 fully saturated rings. The Labute approximate surface area is 167 Å². The smallest absolute Gasteiger partial charge is 0.330 e. The molecule has 1 aromatic heterocycles. The highest BCUT2D eigenvalue weighted by Crippen LogP contribution is 2.42. The molecule has 28 heavy (non-hydrogen) atoms. The third-order valence-corrected chi connectivity index (χ3v) is 5.24. The van der Waals surface area contributed by atoms with Crippen molar-refractivity contribution in [3.8, 4) is 5.75 Å². The summed E-state index contributed by atoms with van der Waals surface area (Å²) < 4.78 is 15.1. The molecular weight excluding hydrogens is 384 g/mol. The van der Waals surface area contributed by atoms with Gasteiger partial charge in [-0.05, 0) is 30.2 Å². The van der Waals surface area contributed by atoms with Gasteiger partial charge in [0.05, 0.1) is 30.8 Å². The number of benzene rings is 1. The zero-order valence-electron chi connectivity index (χ0n) is 16.1. The molecule has 148 valence electrons. The van der Waals surface area contributed by atoms with Gasteiger partial charge in [-0.3, -0.25) is 9.78 Å². The van der Waals surface area contributed by atoms with Crippen molar-refractivity contribution in [3.05, 3.63) is 40.1 Å². The number of rotatable bonds is 5. The Morgan fingerprint density at radius 3 is 2.75 bits per heavy atom. The largest absolute Gasteiger partial charge is 0.495 e. The van der Waals surface area contributed by atoms with E-state index < -0.39 is 5.97 Å². The van der Waals surface area contributed by atoms with E-state index in [0.29, 0.717) is 28.4 Å². The second kappa shape index (κ2) is 8.16. The molecule has 0 N–H and O–H groups in total. The lowest BCUT2D eigenvalue weighted by atomic mass is 9.98. The maximum Gasteiger partial charge on any atom is 0.330 e. The lowest BCUT2D eigenvalue weighted by molar-refractivity contribution is -0.137. The fourth-order valence-electron chi connectivity index (χ4n) is 3.50. The van der Waals surface area contributed by atoms with Gasteiger partial charge in [0.1, 0.15) is 12.4 Å². The molecule has 0 bridgehead atoms. The minimum atomic E-state index is -0.502. The van der Waals surface area contributed by atoms with Crippen molar-refractivity contribution in [2.45, 2.75) is 19.5 Å². The lowest BCUT2D eigenvalue weighted by Crippen LogP contribution is -2.31. The van der Waals surface area contributed by atoms with E-state index in [-0.39, 0.29) is 18.6 Å². The third-order valence-electron chi connectivity index (χ3n) is 4.85. The molecule has 0 saturated carbocycles. The van der Waals surface area contributed by atoms with Gasteiger partial charge in [0.25, 0.3) is 0 Å². The number of hydrogen-bond donors (Lipinski definition) is 0. The van der Waals surface area contributed by atoms with Crippen molar-refractivity contribution in [1.29, 1.82) is 0 Å². The Hall–Kier alpha value is -2.64. The van der Waals surface area contributed by atoms with Crippen molar-refractivity contribution in [2.24, 2.45) is 0 Å². The van der Waals surface area contributed by atoms with Gasteiger partial charge in [-0.15, -0.1) is 0 Å². The fourth-order valence-corrected chi connectivity index (χ4v) is 3.78. The number of amides is 1. The van der Waals surface area contributed by atoms with Crippen molar-refractivity contribution < 1.29 is 23.8 Å². The average Bonchev–Trinajstić information content (AvgIpc) is 3.03. The van der Waals surface area contributed by atoms with E-state index in [1.165, 1.54) is 27.4 Å². The van der Waals surface area contributed by atoms with Crippen LogP contribution < -0.4 is 4.74 Å². The molecule has 7 nitrogen and oxygen atoms in total. The molecule has 0 unspecified atom stereocenters. The second-order valence-electron chi connectivity index (χ2n) is 6.39. The third kappa shape index (κ3) is 3.43. The number of fused-ring (bicyclic) bond motifs is 3. The summed E-state index contributed by atoms with van der Waals surface area (Å²) in [5.41, 5.74) is 3.12. The van der Waals surface area contributed by atoms with Gasteiger partial charge in [-0.1, -0.05) is 11.6 Å². The molecular formula is C20H21ClN2O5. The minimum Gasteiger partial charge on any atom is -0.495 e. The molecule has 0 aliphatic carbocycles. The van der Waals surface area contributed by atoms with Gasteiger partial charge >= 0.3 is 5.97 Å². The molecule has 0 saturated heterocycles. The highest BCUT2D eigenvalue weighted by atomic mass is 35.5. The van der Waals surface area contributed by atoms with Gasteiger partial charge < -0.3 is 19.1 Å². The molecule has 2 aromatic rings. The number of carbonyl (C=O) groups excluding carboxylic acids is 2. The van der Waals surface area contributed by atoms with E-state index >= 15 is 0 Å². The fraction of sp³-hybridized carbons (Fsp3) is 0.350. The summed E-state index contributed by atoms with van der Waals surface area (Å²) in [4.78, 5) is 30.2. The van der Waals surface area contributed by atoms with E-state index in [2.05, 4.69) is 9.72 Å². The zero-order chi connectivity index (χ0) is 20.4. The minimum absolute atomic E-state index is 0.0198. The van der Waals surface area contributed by atoms with E-state index in [1.807, 2.05) is 13.0 Å². The van der Waals surface area contributed by atoms with Crippen LogP contribution in [0.4, 0.5) is 0 Å². The van der Waals surface area contributed by atoms with Crippen LogP contribution in [0.15, 0.2) is 18.3 Å². The molecule has 0 radical (unpaired) electrons. The normalized spacial score (nSPS) is 15.9. The summed E-state index contributed by atoms with van der Waals surface area (Å²) in [6.45, 7) is 2.44. The van der Waals surface area contributed by atoms with Gasteiger partial charge in [-0.25, -0.2) is 4.79 Å². The Bertz CT molecular complexity index is 973. The Kier molecular flexibility index (Phi) is 5.86. The van der Waals surface area contributed by atoms with E-state index in [4.69, 9.17) is 21.1 Å². The number of aromatic nitrogens is 1. The first-order valence-corrected chi connectivity index (χ1v) is 9.03. The number of nitrogens with zero attached hydrogens (tertiary/aromatic N) is 2. The number of carbonyl (C=O) groups is 2. The van der Waals surface area contributed by atoms with Gasteiger partial charge in [0, 0.05) is 36.9 Å². The molecule has 1 aliphatic heterocycles. The maximum atomic E-state index is 12.4. The molecule has 1 atom stereocenters. The van der Waals surface area contributed by atoms with Crippen LogP contribution in [0.5, 0.6) is 5.75 Å². The van der Waals surface area contributed by atoms with Crippen LogP contribution in [0.25, 0.3) is 17.0 Å². The topological polar surface area (TPSA) is 78.0 Å². The number of hydrogen-bond acceptors (Lipinski definition) is 6. The summed E-state index contributed by atoms with van der Waals surface area (Å²) in [6, 6.07) is 1.66. The predicted molar refractivity (Wildman–Crippen MR) is 105 cm³/mol. The first-order chi connectivity index (χ1) is 13.4. The first kappa shape index (κ1) is 20.1. The average molecular weight is 405 g/mol. The summed E-state index contributed by atoms with van der Waals surface area (Å²) in [5.74, 6) is -0.133. The second-order valence-corrected chi connectivity index (χ2v) is 6.76. The Morgan fingerprint density at radius 1 is 1.36 bits per heavy atom. The maximum absolute atomic E-state index is 12.4. The summed E-state index contributed by atoms with van der Waals surface area (Å²) in [5, 5.41) is 1.17. The summed E-state index contributed by atoms with van der Waals surface area (Å²) >= 11 is 6.47.